The minimum absolute atomic E-state index is 0.207. The van der Waals surface area contributed by atoms with Gasteiger partial charge in [0.05, 0.1) is 17.4 Å². The molecule has 98 valence electrons. The van der Waals surface area contributed by atoms with Gasteiger partial charge in [-0.15, -0.1) is 0 Å². The van der Waals surface area contributed by atoms with Crippen molar-refractivity contribution < 1.29 is 13.6 Å². The van der Waals surface area contributed by atoms with Gasteiger partial charge in [0, 0.05) is 6.07 Å². The molecule has 3 nitrogen and oxygen atoms in total. The molecule has 0 fully saturated rings. The first kappa shape index (κ1) is 13.6. The largest absolute Gasteiger partial charge is 0.320 e. The van der Waals surface area contributed by atoms with Crippen LogP contribution in [0.5, 0.6) is 0 Å². The Hall–Kier alpha value is -1.82. The minimum Gasteiger partial charge on any atom is -0.320 e. The minimum atomic E-state index is -0.898. The highest BCUT2D eigenvalue weighted by molar-refractivity contribution is 9.10. The third kappa shape index (κ3) is 3.14. The number of amides is 1. The number of aromatic nitrogens is 1. The van der Waals surface area contributed by atoms with Crippen molar-refractivity contribution in [1.82, 2.24) is 4.98 Å². The molecule has 2 rings (SSSR count). The molecule has 6 heteroatoms. The summed E-state index contributed by atoms with van der Waals surface area (Å²) in [6.45, 7) is 1.47. The molecule has 0 aliphatic rings. The summed E-state index contributed by atoms with van der Waals surface area (Å²) in [5, 5.41) is 2.49. The number of nitrogens with one attached hydrogen (secondary N) is 1. The number of halogens is 3. The number of carbonyl (C=O) groups is 1. The lowest BCUT2D eigenvalue weighted by Crippen LogP contribution is -2.14. The second-order valence-electron chi connectivity index (χ2n) is 3.90. The average molecular weight is 327 g/mol. The molecule has 0 unspecified atom stereocenters. The molecular formula is C13H9BrF2N2O. The molecule has 0 aliphatic carbocycles. The van der Waals surface area contributed by atoms with E-state index >= 15 is 0 Å². The van der Waals surface area contributed by atoms with Crippen molar-refractivity contribution in [1.29, 1.82) is 0 Å². The molecule has 1 amide bonds. The van der Waals surface area contributed by atoms with Gasteiger partial charge >= 0.3 is 0 Å². The van der Waals surface area contributed by atoms with E-state index in [1.54, 1.807) is 12.1 Å². The first-order valence-electron chi connectivity index (χ1n) is 5.36. The van der Waals surface area contributed by atoms with E-state index in [2.05, 4.69) is 26.2 Å². The number of hydrogen-bond acceptors (Lipinski definition) is 2. The lowest BCUT2D eigenvalue weighted by molar-refractivity contribution is 0.102. The van der Waals surface area contributed by atoms with Crippen molar-refractivity contribution in [2.75, 3.05) is 5.32 Å². The second kappa shape index (κ2) is 5.44. The number of aryl methyl sites for hydroxylation is 1. The molecular weight excluding hydrogens is 318 g/mol. The molecule has 19 heavy (non-hydrogen) atoms. The standard InChI is InChI=1S/C13H9BrF2N2O/c1-7-4-9(11(16)5-10(7)15)13(19)18-8-2-3-12(14)17-6-8/h2-6H,1H3,(H,18,19). The maximum Gasteiger partial charge on any atom is 0.258 e. The Morgan fingerprint density at radius 3 is 2.63 bits per heavy atom. The first-order valence-corrected chi connectivity index (χ1v) is 6.15. The zero-order valence-corrected chi connectivity index (χ0v) is 11.5. The summed E-state index contributed by atoms with van der Waals surface area (Å²) in [7, 11) is 0. The molecule has 2 aromatic rings. The molecule has 0 saturated heterocycles. The quantitative estimate of drug-likeness (QED) is 0.855. The van der Waals surface area contributed by atoms with E-state index in [-0.39, 0.29) is 11.1 Å². The number of carbonyl (C=O) groups excluding carboxylic acids is 1. The Balaban J connectivity index is 2.25. The first-order chi connectivity index (χ1) is 8.97. The van der Waals surface area contributed by atoms with Crippen molar-refractivity contribution in [2.24, 2.45) is 0 Å². The van der Waals surface area contributed by atoms with Gasteiger partial charge in [0.15, 0.2) is 0 Å². The van der Waals surface area contributed by atoms with E-state index in [0.29, 0.717) is 16.4 Å². The fourth-order valence-corrected chi connectivity index (χ4v) is 1.71. The van der Waals surface area contributed by atoms with Crippen LogP contribution < -0.4 is 5.32 Å². The van der Waals surface area contributed by atoms with Gasteiger partial charge in [0.25, 0.3) is 5.91 Å². The van der Waals surface area contributed by atoms with Crippen molar-refractivity contribution in [3.63, 3.8) is 0 Å². The number of pyridine rings is 1. The van der Waals surface area contributed by atoms with Gasteiger partial charge in [-0.1, -0.05) is 0 Å². The lowest BCUT2D eigenvalue weighted by atomic mass is 10.1. The molecule has 0 saturated carbocycles. The van der Waals surface area contributed by atoms with Crippen LogP contribution in [-0.4, -0.2) is 10.9 Å². The number of anilines is 1. The fourth-order valence-electron chi connectivity index (χ4n) is 1.48. The van der Waals surface area contributed by atoms with Crippen LogP contribution in [0.25, 0.3) is 0 Å². The van der Waals surface area contributed by atoms with E-state index in [1.165, 1.54) is 19.2 Å². The van der Waals surface area contributed by atoms with Gasteiger partial charge in [-0.25, -0.2) is 13.8 Å². The highest BCUT2D eigenvalue weighted by atomic mass is 79.9. The third-order valence-corrected chi connectivity index (χ3v) is 2.95. The third-order valence-electron chi connectivity index (χ3n) is 2.48. The summed E-state index contributed by atoms with van der Waals surface area (Å²) >= 11 is 3.16. The van der Waals surface area contributed by atoms with Crippen LogP contribution in [0.3, 0.4) is 0 Å². The van der Waals surface area contributed by atoms with Gasteiger partial charge in [-0.3, -0.25) is 4.79 Å². The maximum absolute atomic E-state index is 13.5. The molecule has 0 atom stereocenters. The molecule has 1 aromatic carbocycles. The maximum atomic E-state index is 13.5. The molecule has 0 bridgehead atoms. The Kier molecular flexibility index (Phi) is 3.90. The molecule has 0 radical (unpaired) electrons. The van der Waals surface area contributed by atoms with Crippen molar-refractivity contribution in [2.45, 2.75) is 6.92 Å². The van der Waals surface area contributed by atoms with E-state index in [0.717, 1.165) is 0 Å². The zero-order valence-electron chi connectivity index (χ0n) is 9.88. The van der Waals surface area contributed by atoms with Crippen LogP contribution in [0.4, 0.5) is 14.5 Å². The summed E-state index contributed by atoms with van der Waals surface area (Å²) in [4.78, 5) is 15.8. The molecule has 0 spiro atoms. The number of benzene rings is 1. The van der Waals surface area contributed by atoms with Crippen LogP contribution in [-0.2, 0) is 0 Å². The smallest absolute Gasteiger partial charge is 0.258 e. The van der Waals surface area contributed by atoms with Crippen LogP contribution >= 0.6 is 15.9 Å². The van der Waals surface area contributed by atoms with Crippen molar-refractivity contribution in [3.8, 4) is 0 Å². The van der Waals surface area contributed by atoms with E-state index in [1.807, 2.05) is 0 Å². The van der Waals surface area contributed by atoms with Gasteiger partial charge in [-0.05, 0) is 46.6 Å². The van der Waals surface area contributed by atoms with E-state index < -0.39 is 17.5 Å². The lowest BCUT2D eigenvalue weighted by Gasteiger charge is -2.07. The molecule has 1 aromatic heterocycles. The Morgan fingerprint density at radius 2 is 2.00 bits per heavy atom. The van der Waals surface area contributed by atoms with Gasteiger partial charge < -0.3 is 5.32 Å². The average Bonchev–Trinajstić information content (AvgIpc) is 2.36. The number of rotatable bonds is 2. The van der Waals surface area contributed by atoms with Crippen molar-refractivity contribution >= 4 is 27.5 Å². The summed E-state index contributed by atoms with van der Waals surface area (Å²) in [6.07, 6.45) is 1.43. The topological polar surface area (TPSA) is 42.0 Å². The van der Waals surface area contributed by atoms with Crippen LogP contribution in [0.15, 0.2) is 35.1 Å². The van der Waals surface area contributed by atoms with Gasteiger partial charge in [0.1, 0.15) is 16.2 Å². The Labute approximate surface area is 116 Å². The van der Waals surface area contributed by atoms with Crippen molar-refractivity contribution in [3.05, 3.63) is 57.8 Å². The van der Waals surface area contributed by atoms with E-state index in [9.17, 15) is 13.6 Å². The Morgan fingerprint density at radius 1 is 1.26 bits per heavy atom. The molecule has 0 aliphatic heterocycles. The summed E-state index contributed by atoms with van der Waals surface area (Å²) < 4.78 is 27.3. The normalized spacial score (nSPS) is 10.3. The summed E-state index contributed by atoms with van der Waals surface area (Å²) in [5.41, 5.74) is 0.428. The number of nitrogens with zero attached hydrogens (tertiary/aromatic N) is 1. The summed E-state index contributed by atoms with van der Waals surface area (Å²) in [5.74, 6) is -2.23. The fraction of sp³-hybridized carbons (Fsp3) is 0.0769. The van der Waals surface area contributed by atoms with E-state index in [4.69, 9.17) is 0 Å². The van der Waals surface area contributed by atoms with Gasteiger partial charge in [-0.2, -0.15) is 0 Å². The highest BCUT2D eigenvalue weighted by Crippen LogP contribution is 2.17. The Bertz CT molecular complexity index is 629. The predicted octanol–water partition coefficient (Wildman–Crippen LogP) is 3.68. The second-order valence-corrected chi connectivity index (χ2v) is 4.72. The monoisotopic (exact) mass is 326 g/mol. The van der Waals surface area contributed by atoms with Crippen LogP contribution in [0.2, 0.25) is 0 Å². The molecule has 1 N–H and O–H groups in total. The predicted molar refractivity (Wildman–Crippen MR) is 71.0 cm³/mol. The zero-order chi connectivity index (χ0) is 14.0. The number of hydrogen-bond donors (Lipinski definition) is 1. The van der Waals surface area contributed by atoms with Crippen LogP contribution in [0.1, 0.15) is 15.9 Å². The summed E-state index contributed by atoms with van der Waals surface area (Å²) in [6, 6.07) is 5.13. The van der Waals surface area contributed by atoms with Gasteiger partial charge in [0.2, 0.25) is 0 Å². The molecule has 1 heterocycles. The van der Waals surface area contributed by atoms with Crippen LogP contribution in [0, 0.1) is 18.6 Å². The SMILES string of the molecule is Cc1cc(C(=O)Nc2ccc(Br)nc2)c(F)cc1F. The highest BCUT2D eigenvalue weighted by Gasteiger charge is 2.14.